The quantitative estimate of drug-likeness (QED) is 0.888. The predicted molar refractivity (Wildman–Crippen MR) is 90.3 cm³/mol. The fourth-order valence-corrected chi connectivity index (χ4v) is 3.95. The molecule has 1 fully saturated rings. The Hall–Kier alpha value is -2.19. The van der Waals surface area contributed by atoms with Gasteiger partial charge in [0.15, 0.2) is 5.69 Å². The second-order valence-electron chi connectivity index (χ2n) is 6.18. The van der Waals surface area contributed by atoms with Gasteiger partial charge in [0.25, 0.3) is 5.91 Å². The lowest BCUT2D eigenvalue weighted by Crippen LogP contribution is -2.31. The van der Waals surface area contributed by atoms with Crippen molar-refractivity contribution in [3.63, 3.8) is 0 Å². The van der Waals surface area contributed by atoms with Crippen molar-refractivity contribution in [3.05, 3.63) is 47.8 Å². The third-order valence-electron chi connectivity index (χ3n) is 4.16. The van der Waals surface area contributed by atoms with Crippen LogP contribution in [-0.4, -0.2) is 47.8 Å². The summed E-state index contributed by atoms with van der Waals surface area (Å²) in [5.74, 6) is -0.367. The van der Waals surface area contributed by atoms with Crippen LogP contribution in [0.25, 0.3) is 5.69 Å². The number of carbonyl (C=O) groups is 1. The normalized spacial score (nSPS) is 18.1. The number of rotatable bonds is 4. The first kappa shape index (κ1) is 16.7. The van der Waals surface area contributed by atoms with Crippen LogP contribution in [0.5, 0.6) is 0 Å². The van der Waals surface area contributed by atoms with E-state index in [0.717, 1.165) is 11.3 Å². The Morgan fingerprint density at radius 3 is 2.71 bits per heavy atom. The highest BCUT2D eigenvalue weighted by molar-refractivity contribution is 7.89. The van der Waals surface area contributed by atoms with Crippen molar-refractivity contribution in [2.24, 2.45) is 11.1 Å². The van der Waals surface area contributed by atoms with Gasteiger partial charge in [-0.1, -0.05) is 18.2 Å². The van der Waals surface area contributed by atoms with Crippen LogP contribution in [0.1, 0.15) is 22.5 Å². The van der Waals surface area contributed by atoms with Crippen LogP contribution in [0.2, 0.25) is 0 Å². The minimum atomic E-state index is -3.52. The molecule has 2 aromatic rings. The molecule has 1 aromatic carbocycles. The van der Waals surface area contributed by atoms with Crippen LogP contribution >= 0.6 is 0 Å². The molecular formula is C16H20N4O3S. The van der Waals surface area contributed by atoms with E-state index in [1.165, 1.54) is 0 Å². The summed E-state index contributed by atoms with van der Waals surface area (Å²) in [6, 6.07) is 9.57. The Labute approximate surface area is 141 Å². The Bertz CT molecular complexity index is 845. The molecule has 1 aliphatic heterocycles. The van der Waals surface area contributed by atoms with Gasteiger partial charge in [0, 0.05) is 24.8 Å². The van der Waals surface area contributed by atoms with Crippen LogP contribution in [0.4, 0.5) is 0 Å². The molecule has 7 nitrogen and oxygen atoms in total. The molecule has 3 rings (SSSR count). The number of benzene rings is 1. The standard InChI is InChI=1S/C16H20N4O3S/c1-12-9-20(14-5-3-2-4-6-14)18-15(12)16(21)19-8-7-13(10-19)11-24(17,22)23/h2-6,9,13H,7-8,10-11H2,1H3,(H2,17,22,23). The highest BCUT2D eigenvalue weighted by Gasteiger charge is 2.31. The number of aromatic nitrogens is 2. The molecule has 0 radical (unpaired) electrons. The molecule has 1 atom stereocenters. The van der Waals surface area contributed by atoms with Gasteiger partial charge in [-0.15, -0.1) is 0 Å². The van der Waals surface area contributed by atoms with Gasteiger partial charge < -0.3 is 4.90 Å². The number of carbonyl (C=O) groups excluding carboxylic acids is 1. The molecular weight excluding hydrogens is 328 g/mol. The van der Waals surface area contributed by atoms with Gasteiger partial charge >= 0.3 is 0 Å². The molecule has 0 spiro atoms. The maximum Gasteiger partial charge on any atom is 0.274 e. The Balaban J connectivity index is 1.76. The van der Waals surface area contributed by atoms with E-state index in [1.807, 2.05) is 43.5 Å². The van der Waals surface area contributed by atoms with E-state index in [9.17, 15) is 13.2 Å². The summed E-state index contributed by atoms with van der Waals surface area (Å²) in [6.45, 7) is 2.77. The van der Waals surface area contributed by atoms with Crippen molar-refractivity contribution in [1.82, 2.24) is 14.7 Å². The summed E-state index contributed by atoms with van der Waals surface area (Å²) < 4.78 is 24.1. The molecule has 0 saturated carbocycles. The molecule has 0 aliphatic carbocycles. The molecule has 1 aliphatic rings. The molecule has 128 valence electrons. The van der Waals surface area contributed by atoms with Crippen molar-refractivity contribution in [2.45, 2.75) is 13.3 Å². The van der Waals surface area contributed by atoms with Gasteiger partial charge in [0.2, 0.25) is 10.0 Å². The molecule has 0 bridgehead atoms. The van der Waals surface area contributed by atoms with Crippen molar-refractivity contribution >= 4 is 15.9 Å². The van der Waals surface area contributed by atoms with Gasteiger partial charge in [-0.25, -0.2) is 18.2 Å². The first-order chi connectivity index (χ1) is 11.3. The van der Waals surface area contributed by atoms with E-state index in [-0.39, 0.29) is 17.6 Å². The van der Waals surface area contributed by atoms with E-state index < -0.39 is 10.0 Å². The summed E-state index contributed by atoms with van der Waals surface area (Å²) in [6.07, 6.45) is 2.46. The lowest BCUT2D eigenvalue weighted by atomic mass is 10.2. The van der Waals surface area contributed by atoms with Crippen LogP contribution in [0.15, 0.2) is 36.5 Å². The van der Waals surface area contributed by atoms with Crippen LogP contribution < -0.4 is 5.14 Å². The molecule has 24 heavy (non-hydrogen) atoms. The average Bonchev–Trinajstić information content (AvgIpc) is 3.13. The third-order valence-corrected chi connectivity index (χ3v) is 5.10. The second kappa shape index (κ2) is 6.37. The molecule has 1 aromatic heterocycles. The maximum absolute atomic E-state index is 12.7. The van der Waals surface area contributed by atoms with Gasteiger partial charge in [-0.05, 0) is 31.4 Å². The van der Waals surface area contributed by atoms with E-state index in [1.54, 1.807) is 9.58 Å². The highest BCUT2D eigenvalue weighted by atomic mass is 32.2. The molecule has 8 heteroatoms. The Kier molecular flexibility index (Phi) is 4.42. The number of sulfonamides is 1. The van der Waals surface area contributed by atoms with E-state index in [2.05, 4.69) is 5.10 Å². The van der Waals surface area contributed by atoms with Crippen molar-refractivity contribution in [3.8, 4) is 5.69 Å². The summed E-state index contributed by atoms with van der Waals surface area (Å²) in [5.41, 5.74) is 2.07. The molecule has 1 saturated heterocycles. The van der Waals surface area contributed by atoms with Crippen LogP contribution in [0.3, 0.4) is 0 Å². The van der Waals surface area contributed by atoms with Crippen LogP contribution in [0, 0.1) is 12.8 Å². The highest BCUT2D eigenvalue weighted by Crippen LogP contribution is 2.21. The number of para-hydroxylation sites is 1. The summed E-state index contributed by atoms with van der Waals surface area (Å²) in [5, 5.41) is 9.50. The zero-order chi connectivity index (χ0) is 17.3. The number of nitrogens with two attached hydrogens (primary N) is 1. The number of amides is 1. The SMILES string of the molecule is Cc1cn(-c2ccccc2)nc1C(=O)N1CCC(CS(N)(=O)=O)C1. The predicted octanol–water partition coefficient (Wildman–Crippen LogP) is 0.931. The van der Waals surface area contributed by atoms with Crippen LogP contribution in [-0.2, 0) is 10.0 Å². The summed E-state index contributed by atoms with van der Waals surface area (Å²) in [4.78, 5) is 14.3. The fraction of sp³-hybridized carbons (Fsp3) is 0.375. The second-order valence-corrected chi connectivity index (χ2v) is 7.84. The summed E-state index contributed by atoms with van der Waals surface area (Å²) in [7, 11) is -3.52. The lowest BCUT2D eigenvalue weighted by Gasteiger charge is -2.15. The monoisotopic (exact) mass is 348 g/mol. The Morgan fingerprint density at radius 2 is 2.04 bits per heavy atom. The third kappa shape index (κ3) is 3.65. The topological polar surface area (TPSA) is 98.3 Å². The van der Waals surface area contributed by atoms with Gasteiger partial charge in [-0.2, -0.15) is 5.10 Å². The number of hydrogen-bond acceptors (Lipinski definition) is 4. The zero-order valence-electron chi connectivity index (χ0n) is 13.4. The van der Waals surface area contributed by atoms with Gasteiger partial charge in [0.1, 0.15) is 0 Å². The van der Waals surface area contributed by atoms with Crippen molar-refractivity contribution < 1.29 is 13.2 Å². The molecule has 1 amide bonds. The van der Waals surface area contributed by atoms with E-state index >= 15 is 0 Å². The Morgan fingerprint density at radius 1 is 1.33 bits per heavy atom. The van der Waals surface area contributed by atoms with Crippen molar-refractivity contribution in [1.29, 1.82) is 0 Å². The minimum absolute atomic E-state index is 0.0891. The number of likely N-dealkylation sites (tertiary alicyclic amines) is 1. The number of hydrogen-bond donors (Lipinski definition) is 1. The molecule has 2 N–H and O–H groups in total. The fourth-order valence-electron chi connectivity index (χ4n) is 3.02. The number of aryl methyl sites for hydroxylation is 1. The number of nitrogens with zero attached hydrogens (tertiary/aromatic N) is 3. The van der Waals surface area contributed by atoms with Crippen molar-refractivity contribution in [2.75, 3.05) is 18.8 Å². The van der Waals surface area contributed by atoms with Gasteiger partial charge in [-0.3, -0.25) is 4.79 Å². The molecule has 1 unspecified atom stereocenters. The summed E-state index contributed by atoms with van der Waals surface area (Å²) >= 11 is 0. The largest absolute Gasteiger partial charge is 0.337 e. The van der Waals surface area contributed by atoms with E-state index in [4.69, 9.17) is 5.14 Å². The lowest BCUT2D eigenvalue weighted by molar-refractivity contribution is 0.0781. The first-order valence-electron chi connectivity index (χ1n) is 7.75. The molecule has 2 heterocycles. The first-order valence-corrected chi connectivity index (χ1v) is 9.46. The van der Waals surface area contributed by atoms with E-state index in [0.29, 0.717) is 25.2 Å². The van der Waals surface area contributed by atoms with Gasteiger partial charge in [0.05, 0.1) is 11.4 Å². The smallest absolute Gasteiger partial charge is 0.274 e. The minimum Gasteiger partial charge on any atom is -0.337 e. The maximum atomic E-state index is 12.7. The average molecular weight is 348 g/mol. The zero-order valence-corrected chi connectivity index (χ0v) is 14.2. The number of primary sulfonamides is 1.